The fourth-order valence-electron chi connectivity index (χ4n) is 5.92. The standard InChI is InChI=1S/C32H32F3N7O2/c1-19(36-17-31(44)10-5-11-31)22-12-25(32(33,34)35)27-16-42(30(43)41(27)15-22)28-14-21(13-26(38-28)20-8-9-20)23-6-3-4-7-24(23)29-39-37-18-40(29)2/h3-4,6-7,12-16,18-20,36,44H,5,8-11,17H2,1-2H3/t19-/m0/s1. The first-order valence-electron chi connectivity index (χ1n) is 14.8. The van der Waals surface area contributed by atoms with Gasteiger partial charge in [0, 0.05) is 49.2 Å². The Balaban J connectivity index is 1.35. The van der Waals surface area contributed by atoms with E-state index >= 15 is 0 Å². The molecule has 0 amide bonds. The number of aryl methyl sites for hydroxylation is 1. The molecule has 1 atom stereocenters. The maximum absolute atomic E-state index is 14.4. The molecule has 0 unspecified atom stereocenters. The van der Waals surface area contributed by atoms with Crippen LogP contribution in [-0.2, 0) is 13.2 Å². The second-order valence-corrected chi connectivity index (χ2v) is 12.1. The summed E-state index contributed by atoms with van der Waals surface area (Å²) in [6, 6.07) is 12.0. The van der Waals surface area contributed by atoms with Gasteiger partial charge in [-0.25, -0.2) is 9.78 Å². The van der Waals surface area contributed by atoms with Crippen LogP contribution in [0.3, 0.4) is 0 Å². The van der Waals surface area contributed by atoms with E-state index in [1.807, 2.05) is 41.9 Å². The van der Waals surface area contributed by atoms with Gasteiger partial charge in [0.05, 0.1) is 16.7 Å². The highest BCUT2D eigenvalue weighted by atomic mass is 19.4. The summed E-state index contributed by atoms with van der Waals surface area (Å²) in [5.41, 5.74) is 0.888. The van der Waals surface area contributed by atoms with Crippen LogP contribution in [0.2, 0.25) is 0 Å². The molecule has 4 aromatic heterocycles. The lowest BCUT2D eigenvalue weighted by Gasteiger charge is -2.37. The molecule has 0 saturated heterocycles. The highest BCUT2D eigenvalue weighted by Crippen LogP contribution is 2.42. The molecule has 44 heavy (non-hydrogen) atoms. The highest BCUT2D eigenvalue weighted by Gasteiger charge is 2.37. The molecule has 2 aliphatic carbocycles. The second-order valence-electron chi connectivity index (χ2n) is 12.1. The summed E-state index contributed by atoms with van der Waals surface area (Å²) in [5, 5.41) is 21.9. The Hall–Kier alpha value is -4.29. The predicted molar refractivity (Wildman–Crippen MR) is 158 cm³/mol. The molecule has 228 valence electrons. The van der Waals surface area contributed by atoms with Crippen molar-refractivity contribution in [3.63, 3.8) is 0 Å². The molecular formula is C32H32F3N7O2. The van der Waals surface area contributed by atoms with Gasteiger partial charge < -0.3 is 15.0 Å². The van der Waals surface area contributed by atoms with Gasteiger partial charge in [-0.2, -0.15) is 13.2 Å². The van der Waals surface area contributed by atoms with Gasteiger partial charge in [0.2, 0.25) is 0 Å². The summed E-state index contributed by atoms with van der Waals surface area (Å²) in [5.74, 6) is 1.13. The number of halogens is 3. The lowest BCUT2D eigenvalue weighted by Crippen LogP contribution is -2.46. The molecule has 4 heterocycles. The summed E-state index contributed by atoms with van der Waals surface area (Å²) >= 11 is 0. The van der Waals surface area contributed by atoms with Crippen molar-refractivity contribution in [3.8, 4) is 28.3 Å². The molecule has 2 saturated carbocycles. The quantitative estimate of drug-likeness (QED) is 0.246. The van der Waals surface area contributed by atoms with Crippen molar-refractivity contribution in [2.75, 3.05) is 6.54 Å². The largest absolute Gasteiger partial charge is 0.418 e. The SMILES string of the molecule is C[C@H](NCC1(O)CCC1)c1cc(C(F)(F)F)c2cn(-c3cc(-c4ccccc4-c4nncn4C)cc(C4CC4)n3)c(=O)n2c1. The third-order valence-electron chi connectivity index (χ3n) is 8.88. The molecule has 0 radical (unpaired) electrons. The van der Waals surface area contributed by atoms with Crippen LogP contribution >= 0.6 is 0 Å². The number of hydrogen-bond acceptors (Lipinski definition) is 6. The number of imidazole rings is 1. The van der Waals surface area contributed by atoms with Gasteiger partial charge in [-0.1, -0.05) is 24.3 Å². The Bertz CT molecular complexity index is 1930. The van der Waals surface area contributed by atoms with Crippen LogP contribution in [0.4, 0.5) is 13.2 Å². The van der Waals surface area contributed by atoms with Crippen molar-refractivity contribution in [2.24, 2.45) is 7.05 Å². The molecule has 2 aliphatic rings. The van der Waals surface area contributed by atoms with Gasteiger partial charge in [-0.05, 0) is 73.9 Å². The lowest BCUT2D eigenvalue weighted by molar-refractivity contribution is -0.136. The minimum atomic E-state index is -4.70. The van der Waals surface area contributed by atoms with Crippen LogP contribution in [0.1, 0.15) is 67.8 Å². The number of aliphatic hydroxyl groups is 1. The summed E-state index contributed by atoms with van der Waals surface area (Å²) in [7, 11) is 1.85. The number of nitrogens with zero attached hydrogens (tertiary/aromatic N) is 6. The molecule has 1 aromatic carbocycles. The van der Waals surface area contributed by atoms with Gasteiger partial charge in [0.1, 0.15) is 12.1 Å². The molecule has 9 nitrogen and oxygen atoms in total. The number of benzene rings is 1. The average molecular weight is 604 g/mol. The normalized spacial score (nSPS) is 17.1. The van der Waals surface area contributed by atoms with Crippen molar-refractivity contribution < 1.29 is 18.3 Å². The average Bonchev–Trinajstić information content (AvgIpc) is 3.68. The smallest absolute Gasteiger partial charge is 0.389 e. The fraction of sp³-hybridized carbons (Fsp3) is 0.375. The van der Waals surface area contributed by atoms with E-state index < -0.39 is 29.1 Å². The Morgan fingerprint density at radius 3 is 2.50 bits per heavy atom. The van der Waals surface area contributed by atoms with E-state index in [-0.39, 0.29) is 23.8 Å². The number of hydrogen-bond donors (Lipinski definition) is 2. The summed E-state index contributed by atoms with van der Waals surface area (Å²) in [4.78, 5) is 18.6. The zero-order valence-electron chi connectivity index (χ0n) is 24.3. The third-order valence-corrected chi connectivity index (χ3v) is 8.88. The number of aromatic nitrogens is 6. The van der Waals surface area contributed by atoms with E-state index in [2.05, 4.69) is 15.5 Å². The van der Waals surface area contributed by atoms with Gasteiger partial charge in [-0.15, -0.1) is 10.2 Å². The second kappa shape index (κ2) is 10.4. The van der Waals surface area contributed by atoms with Gasteiger partial charge >= 0.3 is 11.9 Å². The fourth-order valence-corrected chi connectivity index (χ4v) is 5.92. The van der Waals surface area contributed by atoms with E-state index in [0.717, 1.165) is 52.1 Å². The Morgan fingerprint density at radius 2 is 1.86 bits per heavy atom. The van der Waals surface area contributed by atoms with Crippen LogP contribution in [0.5, 0.6) is 0 Å². The van der Waals surface area contributed by atoms with E-state index in [9.17, 15) is 23.1 Å². The van der Waals surface area contributed by atoms with Crippen molar-refractivity contribution in [1.82, 2.24) is 34.0 Å². The van der Waals surface area contributed by atoms with Crippen LogP contribution < -0.4 is 11.0 Å². The predicted octanol–water partition coefficient (Wildman–Crippen LogP) is 5.41. The molecule has 5 aromatic rings. The van der Waals surface area contributed by atoms with Gasteiger partial charge in [-0.3, -0.25) is 8.97 Å². The van der Waals surface area contributed by atoms with Gasteiger partial charge in [0.25, 0.3) is 0 Å². The summed E-state index contributed by atoms with van der Waals surface area (Å²) in [6.07, 6.45) is 3.72. The van der Waals surface area contributed by atoms with Crippen LogP contribution in [0, 0.1) is 0 Å². The van der Waals surface area contributed by atoms with Crippen molar-refractivity contribution >= 4 is 5.52 Å². The lowest BCUT2D eigenvalue weighted by atomic mass is 9.80. The zero-order valence-corrected chi connectivity index (χ0v) is 24.3. The molecule has 0 aliphatic heterocycles. The number of alkyl halides is 3. The first kappa shape index (κ1) is 28.5. The van der Waals surface area contributed by atoms with Crippen molar-refractivity contribution in [3.05, 3.63) is 88.5 Å². The summed E-state index contributed by atoms with van der Waals surface area (Å²) in [6.45, 7) is 1.99. The van der Waals surface area contributed by atoms with Crippen molar-refractivity contribution in [1.29, 1.82) is 0 Å². The van der Waals surface area contributed by atoms with Crippen LogP contribution in [-0.4, -0.2) is 46.0 Å². The van der Waals surface area contributed by atoms with E-state index in [0.29, 0.717) is 24.2 Å². The molecule has 2 fully saturated rings. The number of rotatable bonds is 8. The number of fused-ring (bicyclic) bond motifs is 1. The third kappa shape index (κ3) is 5.11. The molecule has 0 bridgehead atoms. The summed E-state index contributed by atoms with van der Waals surface area (Å²) < 4.78 is 47.3. The molecule has 2 N–H and O–H groups in total. The Labute approximate surface area is 251 Å². The first-order chi connectivity index (χ1) is 21.0. The maximum Gasteiger partial charge on any atom is 0.418 e. The number of nitrogens with one attached hydrogen (secondary N) is 1. The Kier molecular flexibility index (Phi) is 6.74. The molecular weight excluding hydrogens is 571 g/mol. The minimum Gasteiger partial charge on any atom is -0.389 e. The molecule has 0 spiro atoms. The van der Waals surface area contributed by atoms with E-state index in [4.69, 9.17) is 4.98 Å². The minimum absolute atomic E-state index is 0.221. The first-order valence-corrected chi connectivity index (χ1v) is 14.8. The van der Waals surface area contributed by atoms with Crippen molar-refractivity contribution in [2.45, 2.75) is 62.8 Å². The van der Waals surface area contributed by atoms with Crippen LogP contribution in [0.25, 0.3) is 33.8 Å². The number of pyridine rings is 2. The maximum atomic E-state index is 14.4. The molecule has 12 heteroatoms. The van der Waals surface area contributed by atoms with Gasteiger partial charge in [0.15, 0.2) is 5.82 Å². The Morgan fingerprint density at radius 1 is 1.11 bits per heavy atom. The van der Waals surface area contributed by atoms with Crippen LogP contribution in [0.15, 0.2) is 66.0 Å². The zero-order chi connectivity index (χ0) is 30.8. The van der Waals surface area contributed by atoms with E-state index in [1.165, 1.54) is 17.0 Å². The monoisotopic (exact) mass is 603 g/mol. The highest BCUT2D eigenvalue weighted by molar-refractivity contribution is 5.81. The topological polar surface area (TPSA) is 102 Å². The van der Waals surface area contributed by atoms with E-state index in [1.54, 1.807) is 19.3 Å². The molecule has 7 rings (SSSR count).